The molecule has 1 aromatic rings. The van der Waals surface area contributed by atoms with E-state index in [-0.39, 0.29) is 29.4 Å². The Labute approximate surface area is 151 Å². The van der Waals surface area contributed by atoms with Crippen molar-refractivity contribution in [2.75, 3.05) is 11.9 Å². The van der Waals surface area contributed by atoms with Crippen LogP contribution in [0.2, 0.25) is 5.15 Å². The number of nitrogens with zero attached hydrogens (tertiary/aromatic N) is 1. The second-order valence-electron chi connectivity index (χ2n) is 7.05. The lowest BCUT2D eigenvalue weighted by Crippen LogP contribution is -2.42. The molecular formula is C17H25ClFN3O3. The molecule has 0 aromatic carbocycles. The molecule has 0 radical (unpaired) electrons. The van der Waals surface area contributed by atoms with Gasteiger partial charge in [0.05, 0.1) is 29.5 Å². The number of hydrogen-bond acceptors (Lipinski definition) is 5. The van der Waals surface area contributed by atoms with Crippen molar-refractivity contribution in [3.63, 3.8) is 0 Å². The molecule has 1 aliphatic carbocycles. The second kappa shape index (κ2) is 8.29. The van der Waals surface area contributed by atoms with Gasteiger partial charge in [0.1, 0.15) is 11.3 Å². The summed E-state index contributed by atoms with van der Waals surface area (Å²) in [7, 11) is 0. The number of hydrogen-bond donors (Lipinski definition) is 4. The summed E-state index contributed by atoms with van der Waals surface area (Å²) >= 11 is 5.93. The molecule has 0 spiro atoms. The number of halogens is 2. The first-order valence-corrected chi connectivity index (χ1v) is 8.79. The van der Waals surface area contributed by atoms with Crippen LogP contribution in [-0.4, -0.2) is 51.6 Å². The van der Waals surface area contributed by atoms with Gasteiger partial charge in [-0.3, -0.25) is 4.79 Å². The van der Waals surface area contributed by atoms with Crippen LogP contribution < -0.4 is 10.6 Å². The molecule has 0 aliphatic heterocycles. The largest absolute Gasteiger partial charge is 0.393 e. The first kappa shape index (κ1) is 19.9. The highest BCUT2D eigenvalue weighted by Gasteiger charge is 2.27. The third kappa shape index (κ3) is 5.80. The van der Waals surface area contributed by atoms with Crippen molar-refractivity contribution in [2.45, 2.75) is 63.4 Å². The fourth-order valence-corrected chi connectivity index (χ4v) is 2.93. The number of rotatable bonds is 6. The normalized spacial score (nSPS) is 22.3. The van der Waals surface area contributed by atoms with Crippen LogP contribution in [0, 0.1) is 0 Å². The van der Waals surface area contributed by atoms with E-state index >= 15 is 0 Å². The van der Waals surface area contributed by atoms with E-state index in [0.29, 0.717) is 12.1 Å². The summed E-state index contributed by atoms with van der Waals surface area (Å²) in [6.07, 6.45) is 2.51. The van der Waals surface area contributed by atoms with Crippen LogP contribution >= 0.6 is 11.6 Å². The molecule has 0 unspecified atom stereocenters. The first-order chi connectivity index (χ1) is 11.7. The van der Waals surface area contributed by atoms with Gasteiger partial charge in [-0.2, -0.15) is 0 Å². The van der Waals surface area contributed by atoms with Crippen LogP contribution in [-0.2, 0) is 0 Å². The van der Waals surface area contributed by atoms with E-state index < -0.39 is 17.7 Å². The molecule has 0 bridgehead atoms. The van der Waals surface area contributed by atoms with Crippen molar-refractivity contribution in [3.8, 4) is 0 Å². The minimum atomic E-state index is -1.60. The minimum absolute atomic E-state index is 0.0269. The Kier molecular flexibility index (Phi) is 6.59. The van der Waals surface area contributed by atoms with Crippen LogP contribution in [0.15, 0.2) is 12.3 Å². The molecule has 1 amide bonds. The van der Waals surface area contributed by atoms with Crippen molar-refractivity contribution < 1.29 is 19.4 Å². The first-order valence-electron chi connectivity index (χ1n) is 8.41. The molecule has 6 nitrogen and oxygen atoms in total. The van der Waals surface area contributed by atoms with Gasteiger partial charge in [-0.1, -0.05) is 11.6 Å². The number of pyridine rings is 1. The average molecular weight is 374 g/mol. The summed E-state index contributed by atoms with van der Waals surface area (Å²) in [5, 5.41) is 25.3. The van der Waals surface area contributed by atoms with E-state index in [1.165, 1.54) is 20.0 Å². The lowest BCUT2D eigenvalue weighted by molar-refractivity contribution is -0.00177. The number of amides is 1. The Hall–Kier alpha value is -1.44. The highest BCUT2D eigenvalue weighted by Crippen LogP contribution is 2.25. The zero-order valence-corrected chi connectivity index (χ0v) is 15.2. The Bertz CT molecular complexity index is 609. The molecule has 2 rings (SSSR count). The molecule has 0 saturated heterocycles. The van der Waals surface area contributed by atoms with E-state index in [1.54, 1.807) is 6.07 Å². The average Bonchev–Trinajstić information content (AvgIpc) is 2.51. The molecule has 1 fully saturated rings. The van der Waals surface area contributed by atoms with Gasteiger partial charge >= 0.3 is 0 Å². The lowest BCUT2D eigenvalue weighted by atomic mass is 9.92. The van der Waals surface area contributed by atoms with Crippen LogP contribution in [0.4, 0.5) is 10.1 Å². The molecule has 25 heavy (non-hydrogen) atoms. The Morgan fingerprint density at radius 1 is 1.52 bits per heavy atom. The zero-order chi connectivity index (χ0) is 18.6. The molecule has 140 valence electrons. The van der Waals surface area contributed by atoms with E-state index in [9.17, 15) is 19.4 Å². The maximum Gasteiger partial charge on any atom is 0.255 e. The monoisotopic (exact) mass is 373 g/mol. The quantitative estimate of drug-likeness (QED) is 0.574. The molecule has 4 N–H and O–H groups in total. The summed E-state index contributed by atoms with van der Waals surface area (Å²) in [6, 6.07) is 1.57. The highest BCUT2D eigenvalue weighted by atomic mass is 35.5. The van der Waals surface area contributed by atoms with E-state index in [1.807, 2.05) is 0 Å². The minimum Gasteiger partial charge on any atom is -0.393 e. The number of carbonyl (C=O) groups excluding carboxylic acids is 1. The topological polar surface area (TPSA) is 94.5 Å². The molecular weight excluding hydrogens is 349 g/mol. The fraction of sp³-hybridized carbons (Fsp3) is 0.647. The van der Waals surface area contributed by atoms with Gasteiger partial charge in [-0.05, 0) is 45.6 Å². The smallest absolute Gasteiger partial charge is 0.255 e. The van der Waals surface area contributed by atoms with Gasteiger partial charge in [0.15, 0.2) is 0 Å². The summed E-state index contributed by atoms with van der Waals surface area (Å²) in [5.41, 5.74) is -0.798. The SMILES string of the molecule is CC(C)(O)[C@H](F)CNC(=O)c1cnc(Cl)cc1N[C@H]1CCC[C@@H](O)C1. The zero-order valence-electron chi connectivity index (χ0n) is 14.4. The predicted molar refractivity (Wildman–Crippen MR) is 94.7 cm³/mol. The number of nitrogens with one attached hydrogen (secondary N) is 2. The van der Waals surface area contributed by atoms with Crippen molar-refractivity contribution in [2.24, 2.45) is 0 Å². The van der Waals surface area contributed by atoms with Crippen molar-refractivity contribution in [1.29, 1.82) is 0 Å². The van der Waals surface area contributed by atoms with Crippen LogP contribution in [0.1, 0.15) is 49.9 Å². The summed E-state index contributed by atoms with van der Waals surface area (Å²) in [4.78, 5) is 16.3. The summed E-state index contributed by atoms with van der Waals surface area (Å²) in [5.74, 6) is -0.505. The fourth-order valence-electron chi connectivity index (χ4n) is 2.77. The Balaban J connectivity index is 2.08. The van der Waals surface area contributed by atoms with Gasteiger partial charge in [0, 0.05) is 12.2 Å². The number of aliphatic hydroxyl groups excluding tert-OH is 1. The van der Waals surface area contributed by atoms with Crippen molar-refractivity contribution in [1.82, 2.24) is 10.3 Å². The molecule has 1 aromatic heterocycles. The molecule has 1 heterocycles. The van der Waals surface area contributed by atoms with Crippen molar-refractivity contribution >= 4 is 23.2 Å². The number of aromatic nitrogens is 1. The molecule has 3 atom stereocenters. The third-order valence-corrected chi connectivity index (χ3v) is 4.54. The van der Waals surface area contributed by atoms with Gasteiger partial charge < -0.3 is 20.8 Å². The summed E-state index contributed by atoms with van der Waals surface area (Å²) < 4.78 is 13.8. The highest BCUT2D eigenvalue weighted by molar-refractivity contribution is 6.29. The second-order valence-corrected chi connectivity index (χ2v) is 7.43. The van der Waals surface area contributed by atoms with Crippen LogP contribution in [0.3, 0.4) is 0 Å². The molecule has 8 heteroatoms. The lowest BCUT2D eigenvalue weighted by Gasteiger charge is -2.28. The van der Waals surface area contributed by atoms with Gasteiger partial charge in [0.25, 0.3) is 5.91 Å². The molecule has 1 aliphatic rings. The Morgan fingerprint density at radius 2 is 2.24 bits per heavy atom. The van der Waals surface area contributed by atoms with Crippen LogP contribution in [0.25, 0.3) is 0 Å². The Morgan fingerprint density at radius 3 is 2.88 bits per heavy atom. The van der Waals surface area contributed by atoms with Gasteiger partial charge in [-0.25, -0.2) is 9.37 Å². The van der Waals surface area contributed by atoms with E-state index in [0.717, 1.165) is 19.3 Å². The molecule has 1 saturated carbocycles. The third-order valence-electron chi connectivity index (χ3n) is 4.33. The standard InChI is InChI=1S/C17H25ClFN3O3/c1-17(2,25)14(19)9-21-16(24)12-8-20-15(18)7-13(12)22-10-4-3-5-11(23)6-10/h7-8,10-11,14,23,25H,3-6,9H2,1-2H3,(H,20,22)(H,21,24)/t10-,11+,14+/m0/s1. The van der Waals surface area contributed by atoms with E-state index in [2.05, 4.69) is 15.6 Å². The maximum absolute atomic E-state index is 13.8. The van der Waals surface area contributed by atoms with Gasteiger partial charge in [0.2, 0.25) is 0 Å². The predicted octanol–water partition coefficient (Wildman–Crippen LogP) is 2.29. The number of alkyl halides is 1. The van der Waals surface area contributed by atoms with Crippen LogP contribution in [0.5, 0.6) is 0 Å². The number of anilines is 1. The van der Waals surface area contributed by atoms with Crippen molar-refractivity contribution in [3.05, 3.63) is 23.0 Å². The number of aliphatic hydroxyl groups is 2. The number of carbonyl (C=O) groups is 1. The van der Waals surface area contributed by atoms with E-state index in [4.69, 9.17) is 11.6 Å². The summed E-state index contributed by atoms with van der Waals surface area (Å²) in [6.45, 7) is 2.37. The maximum atomic E-state index is 13.8. The van der Waals surface area contributed by atoms with Gasteiger partial charge in [-0.15, -0.1) is 0 Å².